The largest absolute Gasteiger partial charge is 0.361 e. The molecule has 1 aliphatic rings. The Labute approximate surface area is 190 Å². The number of nitrogens with one attached hydrogen (secondary N) is 3. The van der Waals surface area contributed by atoms with Gasteiger partial charge in [0.2, 0.25) is 5.91 Å². The molecule has 6 nitrogen and oxygen atoms in total. The van der Waals surface area contributed by atoms with E-state index in [0.29, 0.717) is 6.04 Å². The van der Waals surface area contributed by atoms with E-state index in [1.54, 1.807) is 19.0 Å². The molecule has 3 N–H and O–H groups in total. The Kier molecular flexibility index (Phi) is 9.26. The summed E-state index contributed by atoms with van der Waals surface area (Å²) in [6.07, 6.45) is 9.18. The number of carbonyl (C=O) groups excluding carboxylic acids is 1. The summed E-state index contributed by atoms with van der Waals surface area (Å²) < 4.78 is 0. The molecule has 29 heavy (non-hydrogen) atoms. The van der Waals surface area contributed by atoms with E-state index in [9.17, 15) is 4.79 Å². The van der Waals surface area contributed by atoms with Crippen molar-refractivity contribution >= 4 is 46.7 Å². The number of hydrogen-bond acceptors (Lipinski definition) is 2. The molecular weight excluding hydrogens is 477 g/mol. The van der Waals surface area contributed by atoms with Crippen LogP contribution in [-0.4, -0.2) is 55.0 Å². The summed E-state index contributed by atoms with van der Waals surface area (Å²) in [5.74, 6) is 0.760. The lowest BCUT2D eigenvalue weighted by atomic mass is 9.96. The summed E-state index contributed by atoms with van der Waals surface area (Å²) in [6.45, 7) is 3.09. The van der Waals surface area contributed by atoms with E-state index < -0.39 is 0 Å². The first-order chi connectivity index (χ1) is 13.5. The number of halogens is 1. The van der Waals surface area contributed by atoms with Crippen molar-refractivity contribution in [1.29, 1.82) is 0 Å². The van der Waals surface area contributed by atoms with Crippen LogP contribution in [-0.2, 0) is 11.2 Å². The SMILES string of the molecule is Cc1cccc2[nH]cc(CCNC(=NCC(=O)N(C)C)NC3CCCCC3)c12.I. The van der Waals surface area contributed by atoms with Gasteiger partial charge >= 0.3 is 0 Å². The maximum Gasteiger partial charge on any atom is 0.243 e. The smallest absolute Gasteiger partial charge is 0.243 e. The molecule has 160 valence electrons. The summed E-state index contributed by atoms with van der Waals surface area (Å²) in [5, 5.41) is 8.29. The van der Waals surface area contributed by atoms with Gasteiger partial charge in [-0.2, -0.15) is 0 Å². The number of carbonyl (C=O) groups is 1. The number of guanidine groups is 1. The second-order valence-corrected chi connectivity index (χ2v) is 7.92. The monoisotopic (exact) mass is 511 g/mol. The standard InChI is InChI=1S/C22H33N5O.HI/c1-16-8-7-11-19-21(16)17(14-24-19)12-13-23-22(25-15-20(28)27(2)3)26-18-9-5-4-6-10-18;/h7-8,11,14,18,24H,4-6,9-10,12-13,15H2,1-3H3,(H2,23,25,26);1H. The molecule has 0 unspecified atom stereocenters. The highest BCUT2D eigenvalue weighted by atomic mass is 127. The molecule has 1 saturated carbocycles. The highest BCUT2D eigenvalue weighted by molar-refractivity contribution is 14.0. The number of rotatable bonds is 6. The molecule has 1 aliphatic carbocycles. The Bertz CT molecular complexity index is 824. The van der Waals surface area contributed by atoms with Crippen LogP contribution in [0.3, 0.4) is 0 Å². The van der Waals surface area contributed by atoms with E-state index in [2.05, 4.69) is 51.9 Å². The molecule has 1 aromatic heterocycles. The van der Waals surface area contributed by atoms with Crippen molar-refractivity contribution in [3.8, 4) is 0 Å². The normalized spacial score (nSPS) is 15.1. The van der Waals surface area contributed by atoms with Crippen molar-refractivity contribution in [2.45, 2.75) is 51.5 Å². The van der Waals surface area contributed by atoms with Gasteiger partial charge in [0.25, 0.3) is 0 Å². The number of H-pyrrole nitrogens is 1. The average molecular weight is 511 g/mol. The van der Waals surface area contributed by atoms with Gasteiger partial charge in [-0.25, -0.2) is 4.99 Å². The average Bonchev–Trinajstić information content (AvgIpc) is 3.11. The van der Waals surface area contributed by atoms with Crippen LogP contribution in [0.5, 0.6) is 0 Å². The number of likely N-dealkylation sites (N-methyl/N-ethyl adjacent to an activating group) is 1. The number of fused-ring (bicyclic) bond motifs is 1. The van der Waals surface area contributed by atoms with Crippen LogP contribution in [0.4, 0.5) is 0 Å². The van der Waals surface area contributed by atoms with Crippen molar-refractivity contribution in [2.24, 2.45) is 4.99 Å². The number of aryl methyl sites for hydroxylation is 1. The zero-order chi connectivity index (χ0) is 19.9. The lowest BCUT2D eigenvalue weighted by molar-refractivity contribution is -0.127. The van der Waals surface area contributed by atoms with Crippen LogP contribution in [0.2, 0.25) is 0 Å². The van der Waals surface area contributed by atoms with Gasteiger partial charge in [0, 0.05) is 43.8 Å². The maximum atomic E-state index is 11.9. The minimum absolute atomic E-state index is 0. The molecule has 0 radical (unpaired) electrons. The molecule has 0 bridgehead atoms. The first-order valence-electron chi connectivity index (χ1n) is 10.3. The zero-order valence-electron chi connectivity index (χ0n) is 17.8. The van der Waals surface area contributed by atoms with Gasteiger partial charge in [-0.1, -0.05) is 31.4 Å². The van der Waals surface area contributed by atoms with E-state index in [1.807, 2.05) is 0 Å². The summed E-state index contributed by atoms with van der Waals surface area (Å²) in [5.41, 5.74) is 3.78. The third-order valence-corrected chi connectivity index (χ3v) is 5.50. The summed E-state index contributed by atoms with van der Waals surface area (Å²) in [4.78, 5) is 21.4. The fourth-order valence-corrected chi connectivity index (χ4v) is 3.85. The number of aromatic amines is 1. The predicted molar refractivity (Wildman–Crippen MR) is 131 cm³/mol. The number of benzene rings is 1. The Morgan fingerprint density at radius 2 is 2.00 bits per heavy atom. The third kappa shape index (κ3) is 6.62. The van der Waals surface area contributed by atoms with Gasteiger partial charge in [-0.05, 0) is 43.4 Å². The highest BCUT2D eigenvalue weighted by Gasteiger charge is 2.15. The van der Waals surface area contributed by atoms with E-state index in [-0.39, 0.29) is 36.4 Å². The maximum absolute atomic E-state index is 11.9. The lowest BCUT2D eigenvalue weighted by Gasteiger charge is -2.25. The third-order valence-electron chi connectivity index (χ3n) is 5.50. The minimum Gasteiger partial charge on any atom is -0.361 e. The van der Waals surface area contributed by atoms with Gasteiger partial charge in [0.1, 0.15) is 6.54 Å². The van der Waals surface area contributed by atoms with E-state index in [0.717, 1.165) is 18.9 Å². The van der Waals surface area contributed by atoms with Crippen LogP contribution in [0.1, 0.15) is 43.2 Å². The van der Waals surface area contributed by atoms with E-state index in [4.69, 9.17) is 0 Å². The molecule has 1 fully saturated rings. The summed E-state index contributed by atoms with van der Waals surface area (Å²) in [7, 11) is 3.53. The van der Waals surface area contributed by atoms with Crippen molar-refractivity contribution in [3.05, 3.63) is 35.5 Å². The second kappa shape index (κ2) is 11.4. The molecule has 2 aromatic rings. The Morgan fingerprint density at radius 1 is 1.24 bits per heavy atom. The van der Waals surface area contributed by atoms with Crippen molar-refractivity contribution in [1.82, 2.24) is 20.5 Å². The Hall–Kier alpha value is -1.77. The molecule has 1 heterocycles. The quantitative estimate of drug-likeness (QED) is 0.316. The molecule has 0 spiro atoms. The number of nitrogens with zero attached hydrogens (tertiary/aromatic N) is 2. The van der Waals surface area contributed by atoms with Gasteiger partial charge in [-0.3, -0.25) is 4.79 Å². The number of hydrogen-bond donors (Lipinski definition) is 3. The van der Waals surface area contributed by atoms with Crippen LogP contribution in [0, 0.1) is 6.92 Å². The van der Waals surface area contributed by atoms with Crippen LogP contribution in [0.15, 0.2) is 29.4 Å². The first kappa shape index (κ1) is 23.5. The van der Waals surface area contributed by atoms with Crippen LogP contribution < -0.4 is 10.6 Å². The number of aliphatic imine (C=N–C) groups is 1. The molecule has 1 aromatic carbocycles. The summed E-state index contributed by atoms with van der Waals surface area (Å²) in [6, 6.07) is 6.79. The predicted octanol–water partition coefficient (Wildman–Crippen LogP) is 3.59. The molecular formula is C22H34IN5O. The highest BCUT2D eigenvalue weighted by Crippen LogP contribution is 2.22. The Morgan fingerprint density at radius 3 is 2.72 bits per heavy atom. The zero-order valence-corrected chi connectivity index (χ0v) is 20.1. The molecule has 0 saturated heterocycles. The van der Waals surface area contributed by atoms with Crippen LogP contribution in [0.25, 0.3) is 10.9 Å². The van der Waals surface area contributed by atoms with E-state index in [1.165, 1.54) is 54.1 Å². The molecule has 0 atom stereocenters. The molecule has 3 rings (SSSR count). The topological polar surface area (TPSA) is 72.5 Å². The van der Waals surface area contributed by atoms with Crippen molar-refractivity contribution < 1.29 is 4.79 Å². The number of aromatic nitrogens is 1. The lowest BCUT2D eigenvalue weighted by Crippen LogP contribution is -2.45. The second-order valence-electron chi connectivity index (χ2n) is 7.92. The minimum atomic E-state index is 0. The van der Waals surface area contributed by atoms with Crippen LogP contribution >= 0.6 is 24.0 Å². The van der Waals surface area contributed by atoms with Gasteiger partial charge in [0.05, 0.1) is 0 Å². The molecule has 7 heteroatoms. The molecule has 1 amide bonds. The fourth-order valence-electron chi connectivity index (χ4n) is 3.85. The van der Waals surface area contributed by atoms with Gasteiger partial charge in [0.15, 0.2) is 5.96 Å². The van der Waals surface area contributed by atoms with Crippen molar-refractivity contribution in [2.75, 3.05) is 27.2 Å². The first-order valence-corrected chi connectivity index (χ1v) is 10.3. The number of amides is 1. The molecule has 0 aliphatic heterocycles. The van der Waals surface area contributed by atoms with Gasteiger partial charge in [-0.15, -0.1) is 24.0 Å². The summed E-state index contributed by atoms with van der Waals surface area (Å²) >= 11 is 0. The van der Waals surface area contributed by atoms with Crippen molar-refractivity contribution in [3.63, 3.8) is 0 Å². The Balaban J connectivity index is 0.00000300. The van der Waals surface area contributed by atoms with E-state index >= 15 is 0 Å². The van der Waals surface area contributed by atoms with Gasteiger partial charge < -0.3 is 20.5 Å². The fraction of sp³-hybridized carbons (Fsp3) is 0.545.